The molecule has 32 heavy (non-hydrogen) atoms. The van der Waals surface area contributed by atoms with Crippen LogP contribution < -0.4 is 10.1 Å². The van der Waals surface area contributed by atoms with Gasteiger partial charge in [-0.1, -0.05) is 66.7 Å². The second-order valence-corrected chi connectivity index (χ2v) is 8.13. The maximum absolute atomic E-state index is 9.83. The molecule has 3 aromatic carbocycles. The van der Waals surface area contributed by atoms with Crippen LogP contribution in [0.25, 0.3) is 0 Å². The Labute approximate surface area is 196 Å². The average molecular weight is 450 g/mol. The number of aromatic hydroxyl groups is 1. The Balaban J connectivity index is 1.54. The third kappa shape index (κ3) is 7.89. The molecule has 0 aromatic heterocycles. The van der Waals surface area contributed by atoms with E-state index in [1.54, 1.807) is 13.2 Å². The molecule has 4 nitrogen and oxygen atoms in total. The number of phenolic OH excluding ortho intramolecular Hbond substituents is 1. The lowest BCUT2D eigenvalue weighted by Crippen LogP contribution is -2.31. The number of hydrogen-bond acceptors (Lipinski definition) is 4. The molecule has 1 atom stereocenters. The second kappa shape index (κ2) is 12.7. The van der Waals surface area contributed by atoms with Crippen LogP contribution in [0, 0.1) is 0 Å². The standard InChI is InChI=1S/C27H31NO3S/c1-30-26-20-23(14-17-25(26)29)13-16-24(15-12-21-8-4-2-5-9-21)31-27(32)28-19-18-22-10-6-3-7-11-22/h2-11,14,17,20,24,29H,12-13,15-16,18-19H2,1H3,(H,28,32). The Morgan fingerprint density at radius 2 is 1.44 bits per heavy atom. The van der Waals surface area contributed by atoms with Crippen LogP contribution in [0.3, 0.4) is 0 Å². The largest absolute Gasteiger partial charge is 0.504 e. The number of ether oxygens (including phenoxy) is 2. The fourth-order valence-electron chi connectivity index (χ4n) is 3.59. The lowest BCUT2D eigenvalue weighted by Gasteiger charge is -2.20. The van der Waals surface area contributed by atoms with Gasteiger partial charge < -0.3 is 19.9 Å². The van der Waals surface area contributed by atoms with Crippen molar-refractivity contribution < 1.29 is 14.6 Å². The van der Waals surface area contributed by atoms with Crippen molar-refractivity contribution in [3.05, 3.63) is 95.6 Å². The predicted molar refractivity (Wildman–Crippen MR) is 133 cm³/mol. The van der Waals surface area contributed by atoms with Gasteiger partial charge in [-0.2, -0.15) is 0 Å². The molecule has 0 saturated heterocycles. The first-order chi connectivity index (χ1) is 15.6. The highest BCUT2D eigenvalue weighted by Gasteiger charge is 2.14. The summed E-state index contributed by atoms with van der Waals surface area (Å²) in [6, 6.07) is 26.2. The second-order valence-electron chi connectivity index (χ2n) is 7.76. The topological polar surface area (TPSA) is 50.7 Å². The SMILES string of the molecule is COc1cc(CCC(CCc2ccccc2)OC(=S)NCCc2ccccc2)ccc1O. The highest BCUT2D eigenvalue weighted by molar-refractivity contribution is 7.80. The van der Waals surface area contributed by atoms with Gasteiger partial charge in [-0.3, -0.25) is 0 Å². The van der Waals surface area contributed by atoms with Gasteiger partial charge in [0.2, 0.25) is 0 Å². The third-order valence-corrected chi connectivity index (χ3v) is 5.64. The van der Waals surface area contributed by atoms with Crippen LogP contribution in [-0.2, 0) is 24.0 Å². The molecule has 1 unspecified atom stereocenters. The third-order valence-electron chi connectivity index (χ3n) is 5.40. The van der Waals surface area contributed by atoms with E-state index in [2.05, 4.69) is 41.7 Å². The molecule has 0 heterocycles. The summed E-state index contributed by atoms with van der Waals surface area (Å²) in [4.78, 5) is 0. The molecular formula is C27H31NO3S. The maximum Gasteiger partial charge on any atom is 0.256 e. The molecule has 0 aliphatic carbocycles. The van der Waals surface area contributed by atoms with Crippen molar-refractivity contribution in [1.29, 1.82) is 0 Å². The molecule has 0 fully saturated rings. The summed E-state index contributed by atoms with van der Waals surface area (Å²) < 4.78 is 11.4. The van der Waals surface area contributed by atoms with Gasteiger partial charge in [-0.05, 0) is 73.1 Å². The van der Waals surface area contributed by atoms with Crippen molar-refractivity contribution >= 4 is 17.4 Å². The molecule has 0 bridgehead atoms. The van der Waals surface area contributed by atoms with Gasteiger partial charge in [0.1, 0.15) is 6.10 Å². The minimum Gasteiger partial charge on any atom is -0.504 e. The summed E-state index contributed by atoms with van der Waals surface area (Å²) in [6.07, 6.45) is 4.32. The zero-order valence-corrected chi connectivity index (χ0v) is 19.3. The van der Waals surface area contributed by atoms with Crippen molar-refractivity contribution in [1.82, 2.24) is 5.32 Å². The first-order valence-corrected chi connectivity index (χ1v) is 11.4. The van der Waals surface area contributed by atoms with Crippen LogP contribution in [-0.4, -0.2) is 30.0 Å². The van der Waals surface area contributed by atoms with E-state index in [9.17, 15) is 5.11 Å². The fraction of sp³-hybridized carbons (Fsp3) is 0.296. The van der Waals surface area contributed by atoms with E-state index in [0.717, 1.165) is 44.2 Å². The zero-order valence-electron chi connectivity index (χ0n) is 18.5. The van der Waals surface area contributed by atoms with E-state index in [-0.39, 0.29) is 11.9 Å². The lowest BCUT2D eigenvalue weighted by atomic mass is 10.0. The maximum atomic E-state index is 9.83. The van der Waals surface area contributed by atoms with E-state index < -0.39 is 0 Å². The molecule has 0 radical (unpaired) electrons. The molecule has 0 aliphatic rings. The summed E-state index contributed by atoms with van der Waals surface area (Å²) in [5.41, 5.74) is 3.65. The number of aryl methyl sites for hydroxylation is 2. The summed E-state index contributed by atoms with van der Waals surface area (Å²) in [5.74, 6) is 0.638. The molecule has 3 aromatic rings. The van der Waals surface area contributed by atoms with Crippen LogP contribution in [0.5, 0.6) is 11.5 Å². The van der Waals surface area contributed by atoms with Crippen molar-refractivity contribution in [2.24, 2.45) is 0 Å². The van der Waals surface area contributed by atoms with Gasteiger partial charge >= 0.3 is 0 Å². The van der Waals surface area contributed by atoms with E-state index in [1.165, 1.54) is 11.1 Å². The highest BCUT2D eigenvalue weighted by Crippen LogP contribution is 2.27. The predicted octanol–water partition coefficient (Wildman–Crippen LogP) is 5.47. The highest BCUT2D eigenvalue weighted by atomic mass is 32.1. The minimum absolute atomic E-state index is 0.00766. The van der Waals surface area contributed by atoms with E-state index >= 15 is 0 Å². The van der Waals surface area contributed by atoms with Crippen molar-refractivity contribution in [3.8, 4) is 11.5 Å². The van der Waals surface area contributed by atoms with Gasteiger partial charge in [0.15, 0.2) is 11.5 Å². The van der Waals surface area contributed by atoms with Crippen molar-refractivity contribution in [3.63, 3.8) is 0 Å². The number of benzene rings is 3. The number of thiocarbonyl (C=S) groups is 1. The Kier molecular flexibility index (Phi) is 9.38. The molecule has 0 amide bonds. The Bertz CT molecular complexity index is 963. The number of methoxy groups -OCH3 is 1. The lowest BCUT2D eigenvalue weighted by molar-refractivity contribution is 0.165. The fourth-order valence-corrected chi connectivity index (χ4v) is 3.82. The van der Waals surface area contributed by atoms with Crippen molar-refractivity contribution in [2.45, 2.75) is 38.2 Å². The number of phenols is 1. The first-order valence-electron chi connectivity index (χ1n) is 11.0. The molecule has 3 rings (SSSR count). The van der Waals surface area contributed by atoms with Gasteiger partial charge in [-0.15, -0.1) is 0 Å². The number of hydrogen-bond donors (Lipinski definition) is 2. The molecule has 2 N–H and O–H groups in total. The molecule has 0 spiro atoms. The summed E-state index contributed by atoms with van der Waals surface area (Å²) in [5, 5.41) is 13.5. The normalized spacial score (nSPS) is 11.5. The summed E-state index contributed by atoms with van der Waals surface area (Å²) in [6.45, 7) is 0.739. The summed E-state index contributed by atoms with van der Waals surface area (Å²) in [7, 11) is 1.56. The van der Waals surface area contributed by atoms with Gasteiger partial charge in [0.25, 0.3) is 5.17 Å². The monoisotopic (exact) mass is 449 g/mol. The van der Waals surface area contributed by atoms with Gasteiger partial charge in [0, 0.05) is 6.54 Å². The molecular weight excluding hydrogens is 418 g/mol. The number of nitrogens with one attached hydrogen (secondary N) is 1. The summed E-state index contributed by atoms with van der Waals surface area (Å²) >= 11 is 5.48. The van der Waals surface area contributed by atoms with Crippen LogP contribution in [0.2, 0.25) is 0 Å². The van der Waals surface area contributed by atoms with Crippen LogP contribution in [0.4, 0.5) is 0 Å². The van der Waals surface area contributed by atoms with E-state index in [4.69, 9.17) is 21.7 Å². The Morgan fingerprint density at radius 3 is 2.06 bits per heavy atom. The molecule has 0 aliphatic heterocycles. The van der Waals surface area contributed by atoms with Crippen LogP contribution in [0.15, 0.2) is 78.9 Å². The molecule has 0 saturated carbocycles. The number of rotatable bonds is 11. The molecule has 168 valence electrons. The quantitative estimate of drug-likeness (QED) is 0.380. The first kappa shape index (κ1) is 23.6. The van der Waals surface area contributed by atoms with Gasteiger partial charge in [0.05, 0.1) is 7.11 Å². The van der Waals surface area contributed by atoms with Crippen LogP contribution in [0.1, 0.15) is 29.5 Å². The Morgan fingerprint density at radius 1 is 0.844 bits per heavy atom. The van der Waals surface area contributed by atoms with E-state index in [1.807, 2.05) is 36.4 Å². The van der Waals surface area contributed by atoms with Gasteiger partial charge in [-0.25, -0.2) is 0 Å². The van der Waals surface area contributed by atoms with Crippen molar-refractivity contribution in [2.75, 3.05) is 13.7 Å². The Hall–Kier alpha value is -3.05. The van der Waals surface area contributed by atoms with Crippen LogP contribution >= 0.6 is 12.2 Å². The molecule has 5 heteroatoms. The smallest absolute Gasteiger partial charge is 0.256 e. The minimum atomic E-state index is -0.00766. The zero-order chi connectivity index (χ0) is 22.6. The average Bonchev–Trinajstić information content (AvgIpc) is 2.83. The van der Waals surface area contributed by atoms with E-state index in [0.29, 0.717) is 10.9 Å².